The standard InChI is InChI=1S/C22H17NO7/c1-28-20-13-16(22(25)29-2)9-11-19(20)30-18-10-8-15(12-17(18)23(26)27)21(24)14-6-4-3-5-7-14/h3-13H,1-2H3. The predicted molar refractivity (Wildman–Crippen MR) is 107 cm³/mol. The summed E-state index contributed by atoms with van der Waals surface area (Å²) in [6.45, 7) is 0. The first kappa shape index (κ1) is 20.5. The minimum absolute atomic E-state index is 0.0753. The van der Waals surface area contributed by atoms with Crippen LogP contribution in [0.4, 0.5) is 5.69 Å². The zero-order chi connectivity index (χ0) is 21.7. The lowest BCUT2D eigenvalue weighted by molar-refractivity contribution is -0.385. The van der Waals surface area contributed by atoms with E-state index in [0.29, 0.717) is 5.56 Å². The van der Waals surface area contributed by atoms with Crippen molar-refractivity contribution in [3.8, 4) is 17.2 Å². The number of hydrogen-bond donors (Lipinski definition) is 0. The van der Waals surface area contributed by atoms with Gasteiger partial charge in [-0.3, -0.25) is 14.9 Å². The van der Waals surface area contributed by atoms with Crippen LogP contribution >= 0.6 is 0 Å². The third-order valence-corrected chi connectivity index (χ3v) is 4.26. The number of hydrogen-bond acceptors (Lipinski definition) is 7. The van der Waals surface area contributed by atoms with Gasteiger partial charge in [-0.25, -0.2) is 4.79 Å². The maximum Gasteiger partial charge on any atom is 0.337 e. The van der Waals surface area contributed by atoms with Crippen molar-refractivity contribution >= 4 is 17.4 Å². The molecule has 30 heavy (non-hydrogen) atoms. The number of nitro groups is 1. The molecule has 0 saturated heterocycles. The first-order chi connectivity index (χ1) is 14.4. The normalized spacial score (nSPS) is 10.2. The lowest BCUT2D eigenvalue weighted by Crippen LogP contribution is -2.04. The average molecular weight is 407 g/mol. The molecular formula is C22H17NO7. The summed E-state index contributed by atoms with van der Waals surface area (Å²) in [5, 5.41) is 11.6. The van der Waals surface area contributed by atoms with Gasteiger partial charge < -0.3 is 14.2 Å². The average Bonchev–Trinajstić information content (AvgIpc) is 2.78. The first-order valence-electron chi connectivity index (χ1n) is 8.77. The van der Waals surface area contributed by atoms with Gasteiger partial charge in [0.2, 0.25) is 5.75 Å². The molecule has 0 heterocycles. The molecule has 3 aromatic carbocycles. The molecule has 0 spiro atoms. The SMILES string of the molecule is COC(=O)c1ccc(Oc2ccc(C(=O)c3ccccc3)cc2[N+](=O)[O-])c(OC)c1. The Morgan fingerprint density at radius 1 is 0.800 bits per heavy atom. The van der Waals surface area contributed by atoms with Crippen molar-refractivity contribution in [2.24, 2.45) is 0 Å². The largest absolute Gasteiger partial charge is 0.493 e. The fourth-order valence-corrected chi connectivity index (χ4v) is 2.76. The number of ether oxygens (including phenoxy) is 3. The van der Waals surface area contributed by atoms with Crippen LogP contribution in [-0.4, -0.2) is 30.9 Å². The molecule has 0 amide bonds. The second-order valence-corrected chi connectivity index (χ2v) is 6.09. The van der Waals surface area contributed by atoms with Crippen molar-refractivity contribution < 1.29 is 28.7 Å². The minimum atomic E-state index is -0.633. The maximum atomic E-state index is 12.6. The summed E-state index contributed by atoms with van der Waals surface area (Å²) in [5.74, 6) is -0.624. The van der Waals surface area contributed by atoms with Gasteiger partial charge in [0.25, 0.3) is 0 Å². The lowest BCUT2D eigenvalue weighted by atomic mass is 10.0. The van der Waals surface area contributed by atoms with Crippen molar-refractivity contribution in [3.63, 3.8) is 0 Å². The summed E-state index contributed by atoms with van der Waals surface area (Å²) in [5.41, 5.74) is 0.435. The molecule has 3 rings (SSSR count). The Morgan fingerprint density at radius 2 is 1.47 bits per heavy atom. The zero-order valence-electron chi connectivity index (χ0n) is 16.2. The van der Waals surface area contributed by atoms with Crippen LogP contribution in [0.15, 0.2) is 66.7 Å². The summed E-state index contributed by atoms with van der Waals surface area (Å²) >= 11 is 0. The predicted octanol–water partition coefficient (Wildman–Crippen LogP) is 4.41. The Hall–Kier alpha value is -4.20. The third kappa shape index (κ3) is 4.27. The van der Waals surface area contributed by atoms with Gasteiger partial charge >= 0.3 is 11.7 Å². The molecule has 8 nitrogen and oxygen atoms in total. The monoisotopic (exact) mass is 407 g/mol. The van der Waals surface area contributed by atoms with Crippen LogP contribution in [0.3, 0.4) is 0 Å². The van der Waals surface area contributed by atoms with E-state index in [1.54, 1.807) is 30.3 Å². The van der Waals surface area contributed by atoms with Crippen molar-refractivity contribution in [2.75, 3.05) is 14.2 Å². The van der Waals surface area contributed by atoms with E-state index in [9.17, 15) is 19.7 Å². The fraction of sp³-hybridized carbons (Fsp3) is 0.0909. The summed E-state index contributed by atoms with van der Waals surface area (Å²) < 4.78 is 15.5. The molecule has 0 unspecified atom stereocenters. The number of methoxy groups -OCH3 is 2. The van der Waals surface area contributed by atoms with Crippen molar-refractivity contribution in [2.45, 2.75) is 0 Å². The summed E-state index contributed by atoms with van der Waals surface area (Å²) in [7, 11) is 2.63. The quantitative estimate of drug-likeness (QED) is 0.247. The number of benzene rings is 3. The summed E-state index contributed by atoms with van der Waals surface area (Å²) in [4.78, 5) is 35.2. The van der Waals surface area contributed by atoms with Gasteiger partial charge in [-0.2, -0.15) is 0 Å². The molecule has 0 aliphatic rings. The molecular weight excluding hydrogens is 390 g/mol. The number of nitro benzene ring substituents is 1. The van der Waals surface area contributed by atoms with Gasteiger partial charge in [0.1, 0.15) is 0 Å². The van der Waals surface area contributed by atoms with Crippen LogP contribution in [-0.2, 0) is 4.74 Å². The highest BCUT2D eigenvalue weighted by Gasteiger charge is 2.21. The molecule has 0 aliphatic heterocycles. The van der Waals surface area contributed by atoms with E-state index in [-0.39, 0.29) is 39.8 Å². The Labute approximate surface area is 171 Å². The molecule has 0 aromatic heterocycles. The number of carbonyl (C=O) groups is 2. The van der Waals surface area contributed by atoms with Crippen LogP contribution in [0.1, 0.15) is 26.3 Å². The first-order valence-corrected chi connectivity index (χ1v) is 8.77. The summed E-state index contributed by atoms with van der Waals surface area (Å²) in [6.07, 6.45) is 0. The van der Waals surface area contributed by atoms with Crippen LogP contribution < -0.4 is 9.47 Å². The molecule has 0 radical (unpaired) electrons. The highest BCUT2D eigenvalue weighted by Crippen LogP contribution is 2.37. The second-order valence-electron chi connectivity index (χ2n) is 6.09. The molecule has 0 aliphatic carbocycles. The Bertz CT molecular complexity index is 1110. The highest BCUT2D eigenvalue weighted by molar-refractivity contribution is 6.09. The fourth-order valence-electron chi connectivity index (χ4n) is 2.76. The van der Waals surface area contributed by atoms with Gasteiger partial charge in [0, 0.05) is 17.2 Å². The van der Waals surface area contributed by atoms with Gasteiger partial charge in [-0.15, -0.1) is 0 Å². The van der Waals surface area contributed by atoms with E-state index in [4.69, 9.17) is 9.47 Å². The van der Waals surface area contributed by atoms with E-state index in [2.05, 4.69) is 4.74 Å². The van der Waals surface area contributed by atoms with Crippen LogP contribution in [0.25, 0.3) is 0 Å². The van der Waals surface area contributed by atoms with Crippen LogP contribution in [0.2, 0.25) is 0 Å². The Kier molecular flexibility index (Phi) is 6.07. The Balaban J connectivity index is 1.96. The molecule has 8 heteroatoms. The molecule has 0 N–H and O–H groups in total. The van der Waals surface area contributed by atoms with E-state index in [1.165, 1.54) is 50.6 Å². The number of ketones is 1. The van der Waals surface area contributed by atoms with E-state index < -0.39 is 10.9 Å². The van der Waals surface area contributed by atoms with Crippen molar-refractivity contribution in [1.29, 1.82) is 0 Å². The molecule has 0 saturated carbocycles. The zero-order valence-corrected chi connectivity index (χ0v) is 16.2. The van der Waals surface area contributed by atoms with Gasteiger partial charge in [-0.05, 0) is 30.3 Å². The molecule has 3 aromatic rings. The smallest absolute Gasteiger partial charge is 0.337 e. The van der Waals surface area contributed by atoms with E-state index >= 15 is 0 Å². The van der Waals surface area contributed by atoms with Crippen LogP contribution in [0, 0.1) is 10.1 Å². The molecule has 0 atom stereocenters. The number of esters is 1. The van der Waals surface area contributed by atoms with Crippen LogP contribution in [0.5, 0.6) is 17.2 Å². The van der Waals surface area contributed by atoms with Crippen molar-refractivity contribution in [1.82, 2.24) is 0 Å². The van der Waals surface area contributed by atoms with Gasteiger partial charge in [-0.1, -0.05) is 30.3 Å². The molecule has 0 bridgehead atoms. The molecule has 152 valence electrons. The maximum absolute atomic E-state index is 12.6. The summed E-state index contributed by atoms with van der Waals surface area (Å²) in [6, 6.07) is 16.7. The van der Waals surface area contributed by atoms with Crippen molar-refractivity contribution in [3.05, 3.63) is 93.5 Å². The molecule has 0 fully saturated rings. The number of nitrogens with zero attached hydrogens (tertiary/aromatic N) is 1. The second kappa shape index (κ2) is 8.87. The topological polar surface area (TPSA) is 105 Å². The van der Waals surface area contributed by atoms with E-state index in [1.807, 2.05) is 0 Å². The van der Waals surface area contributed by atoms with Gasteiger partial charge in [0.15, 0.2) is 17.3 Å². The minimum Gasteiger partial charge on any atom is -0.493 e. The number of carbonyl (C=O) groups excluding carboxylic acids is 2. The number of rotatable bonds is 7. The van der Waals surface area contributed by atoms with E-state index in [0.717, 1.165) is 0 Å². The van der Waals surface area contributed by atoms with Gasteiger partial charge in [0.05, 0.1) is 24.7 Å². The third-order valence-electron chi connectivity index (χ3n) is 4.26. The Morgan fingerprint density at radius 3 is 2.10 bits per heavy atom. The highest BCUT2D eigenvalue weighted by atomic mass is 16.6. The lowest BCUT2D eigenvalue weighted by Gasteiger charge is -2.12.